The van der Waals surface area contributed by atoms with Gasteiger partial charge in [0.05, 0.1) is 12.0 Å². The van der Waals surface area contributed by atoms with E-state index in [-0.39, 0.29) is 17.9 Å². The van der Waals surface area contributed by atoms with Crippen molar-refractivity contribution in [3.63, 3.8) is 0 Å². The summed E-state index contributed by atoms with van der Waals surface area (Å²) in [7, 11) is 1.53. The average molecular weight is 386 g/mol. The van der Waals surface area contributed by atoms with E-state index in [9.17, 15) is 19.7 Å². The summed E-state index contributed by atoms with van der Waals surface area (Å²) in [6, 6.07) is 12.8. The van der Waals surface area contributed by atoms with E-state index >= 15 is 0 Å². The highest BCUT2D eigenvalue weighted by molar-refractivity contribution is 6.00. The Morgan fingerprint density at radius 2 is 1.82 bits per heavy atom. The molecule has 0 saturated carbocycles. The maximum Gasteiger partial charge on any atom is 0.306 e. The molecule has 0 aliphatic rings. The van der Waals surface area contributed by atoms with E-state index in [1.54, 1.807) is 42.5 Å². The van der Waals surface area contributed by atoms with E-state index in [0.29, 0.717) is 30.0 Å². The van der Waals surface area contributed by atoms with E-state index in [1.807, 2.05) is 0 Å². The first kappa shape index (κ1) is 20.9. The molecule has 2 aromatic rings. The number of rotatable bonds is 10. The third kappa shape index (κ3) is 5.80. The number of carbonyl (C=O) groups excluding carboxylic acids is 2. The van der Waals surface area contributed by atoms with Crippen LogP contribution < -0.4 is 10.1 Å². The van der Waals surface area contributed by atoms with Crippen LogP contribution in [0.5, 0.6) is 5.75 Å². The first-order valence-electron chi connectivity index (χ1n) is 8.77. The van der Waals surface area contributed by atoms with Crippen LogP contribution in [-0.4, -0.2) is 36.4 Å². The molecular formula is C20H22N2O6. The smallest absolute Gasteiger partial charge is 0.306 e. The first-order valence-corrected chi connectivity index (χ1v) is 8.77. The summed E-state index contributed by atoms with van der Waals surface area (Å²) in [6.45, 7) is 1.89. The summed E-state index contributed by atoms with van der Waals surface area (Å²) in [6.07, 6.45) is -0.397. The molecule has 0 aromatic heterocycles. The number of nitrogens with one attached hydrogen (secondary N) is 1. The van der Waals surface area contributed by atoms with E-state index in [2.05, 4.69) is 5.32 Å². The van der Waals surface area contributed by atoms with Gasteiger partial charge in [-0.15, -0.1) is 0 Å². The van der Waals surface area contributed by atoms with Gasteiger partial charge in [-0.3, -0.25) is 19.7 Å². The summed E-state index contributed by atoms with van der Waals surface area (Å²) in [5, 5.41) is 13.9. The highest BCUT2D eigenvalue weighted by Crippen LogP contribution is 2.23. The Balaban J connectivity index is 1.77. The summed E-state index contributed by atoms with van der Waals surface area (Å²) in [5.41, 5.74) is 0.798. The molecule has 0 radical (unpaired) electrons. The lowest BCUT2D eigenvalue weighted by atomic mass is 10.1. The molecular weight excluding hydrogens is 364 g/mol. The standard InChI is InChI=1S/C20H22N2O6/c1-14(20(24)15-9-11-16(27-2)12-10-15)28-19(23)8-5-13-21-17-6-3-4-7-18(17)22(25)26/h3-4,6-7,9-12,14,21H,5,8,13H2,1-2H3/t14-/m0/s1. The molecule has 0 aliphatic heterocycles. The SMILES string of the molecule is COc1ccc(C(=O)[C@H](C)OC(=O)CCCNc2ccccc2[N+](=O)[O-])cc1. The zero-order valence-corrected chi connectivity index (χ0v) is 15.7. The predicted octanol–water partition coefficient (Wildman–Crippen LogP) is 3.61. The Bertz CT molecular complexity index is 835. The minimum atomic E-state index is -0.899. The molecule has 0 saturated heterocycles. The van der Waals surface area contributed by atoms with Gasteiger partial charge in [0, 0.05) is 24.6 Å². The van der Waals surface area contributed by atoms with Crippen LogP contribution in [0.25, 0.3) is 0 Å². The number of anilines is 1. The number of nitro benzene ring substituents is 1. The van der Waals surface area contributed by atoms with E-state index in [4.69, 9.17) is 9.47 Å². The van der Waals surface area contributed by atoms with Gasteiger partial charge >= 0.3 is 5.97 Å². The number of Topliss-reactive ketones (excluding diaryl/α,β-unsaturated/α-hetero) is 1. The monoisotopic (exact) mass is 386 g/mol. The molecule has 0 amide bonds. The fraction of sp³-hybridized carbons (Fsp3) is 0.300. The Labute approximate surface area is 162 Å². The van der Waals surface area contributed by atoms with Gasteiger partial charge in [-0.1, -0.05) is 12.1 Å². The van der Waals surface area contributed by atoms with E-state index in [0.717, 1.165) is 0 Å². The van der Waals surface area contributed by atoms with Crippen LogP contribution in [-0.2, 0) is 9.53 Å². The quantitative estimate of drug-likeness (QED) is 0.218. The van der Waals surface area contributed by atoms with Crippen molar-refractivity contribution < 1.29 is 24.0 Å². The lowest BCUT2D eigenvalue weighted by Crippen LogP contribution is -2.24. The van der Waals surface area contributed by atoms with Crippen molar-refractivity contribution in [2.75, 3.05) is 19.0 Å². The number of nitro groups is 1. The van der Waals surface area contributed by atoms with Crippen molar-refractivity contribution in [1.82, 2.24) is 0 Å². The molecule has 2 aromatic carbocycles. The lowest BCUT2D eigenvalue weighted by molar-refractivity contribution is -0.384. The second kappa shape index (κ2) is 10.1. The number of ketones is 1. The highest BCUT2D eigenvalue weighted by atomic mass is 16.6. The van der Waals surface area contributed by atoms with Crippen molar-refractivity contribution >= 4 is 23.1 Å². The third-order valence-corrected chi connectivity index (χ3v) is 4.03. The Morgan fingerprint density at radius 1 is 1.14 bits per heavy atom. The molecule has 148 valence electrons. The van der Waals surface area contributed by atoms with Crippen molar-refractivity contribution in [3.8, 4) is 5.75 Å². The number of hydrogen-bond donors (Lipinski definition) is 1. The largest absolute Gasteiger partial charge is 0.497 e. The molecule has 8 heteroatoms. The number of hydrogen-bond acceptors (Lipinski definition) is 7. The summed E-state index contributed by atoms with van der Waals surface area (Å²) in [5.74, 6) is -0.167. The topological polar surface area (TPSA) is 108 Å². The molecule has 8 nitrogen and oxygen atoms in total. The van der Waals surface area contributed by atoms with Gasteiger partial charge in [0.25, 0.3) is 5.69 Å². The molecule has 1 atom stereocenters. The van der Waals surface area contributed by atoms with Gasteiger partial charge in [0.2, 0.25) is 5.78 Å². The maximum atomic E-state index is 12.3. The molecule has 0 spiro atoms. The molecule has 1 N–H and O–H groups in total. The normalized spacial score (nSPS) is 11.4. The number of methoxy groups -OCH3 is 1. The van der Waals surface area contributed by atoms with Gasteiger partial charge in [0.1, 0.15) is 11.4 Å². The average Bonchev–Trinajstić information content (AvgIpc) is 2.70. The zero-order chi connectivity index (χ0) is 20.5. The van der Waals surface area contributed by atoms with Crippen LogP contribution >= 0.6 is 0 Å². The first-order chi connectivity index (χ1) is 13.4. The van der Waals surface area contributed by atoms with E-state index in [1.165, 1.54) is 20.1 Å². The van der Waals surface area contributed by atoms with Crippen molar-refractivity contribution in [2.24, 2.45) is 0 Å². The van der Waals surface area contributed by atoms with Gasteiger partial charge in [-0.25, -0.2) is 0 Å². The number of carbonyl (C=O) groups is 2. The van der Waals surface area contributed by atoms with Crippen LogP contribution in [0.3, 0.4) is 0 Å². The summed E-state index contributed by atoms with van der Waals surface area (Å²) < 4.78 is 10.2. The Morgan fingerprint density at radius 3 is 2.46 bits per heavy atom. The van der Waals surface area contributed by atoms with Crippen LogP contribution in [0.1, 0.15) is 30.1 Å². The number of benzene rings is 2. The number of para-hydroxylation sites is 2. The fourth-order valence-electron chi connectivity index (χ4n) is 2.54. The van der Waals surface area contributed by atoms with Crippen molar-refractivity contribution in [3.05, 3.63) is 64.2 Å². The fourth-order valence-corrected chi connectivity index (χ4v) is 2.54. The van der Waals surface area contributed by atoms with Crippen molar-refractivity contribution in [1.29, 1.82) is 0 Å². The number of ether oxygens (including phenoxy) is 2. The van der Waals surface area contributed by atoms with Gasteiger partial charge < -0.3 is 14.8 Å². The second-order valence-electron chi connectivity index (χ2n) is 6.03. The van der Waals surface area contributed by atoms with Gasteiger partial charge in [-0.2, -0.15) is 0 Å². The molecule has 0 aliphatic carbocycles. The lowest BCUT2D eigenvalue weighted by Gasteiger charge is -2.13. The summed E-state index contributed by atoms with van der Waals surface area (Å²) in [4.78, 5) is 34.7. The number of nitrogens with zero attached hydrogens (tertiary/aromatic N) is 1. The molecule has 0 bridgehead atoms. The Kier molecular flexibility index (Phi) is 7.50. The van der Waals surface area contributed by atoms with Gasteiger partial charge in [0.15, 0.2) is 6.10 Å². The Hall–Kier alpha value is -3.42. The van der Waals surface area contributed by atoms with Crippen LogP contribution in [0, 0.1) is 10.1 Å². The van der Waals surface area contributed by atoms with Crippen LogP contribution in [0.15, 0.2) is 48.5 Å². The predicted molar refractivity (Wildman–Crippen MR) is 104 cm³/mol. The molecule has 28 heavy (non-hydrogen) atoms. The highest BCUT2D eigenvalue weighted by Gasteiger charge is 2.19. The maximum absolute atomic E-state index is 12.3. The van der Waals surface area contributed by atoms with Crippen LogP contribution in [0.4, 0.5) is 11.4 Å². The summed E-state index contributed by atoms with van der Waals surface area (Å²) >= 11 is 0. The van der Waals surface area contributed by atoms with Crippen molar-refractivity contribution in [2.45, 2.75) is 25.9 Å². The molecule has 2 rings (SSSR count). The minimum absolute atomic E-state index is 0.0243. The van der Waals surface area contributed by atoms with E-state index < -0.39 is 17.0 Å². The van der Waals surface area contributed by atoms with Gasteiger partial charge in [-0.05, 0) is 43.7 Å². The van der Waals surface area contributed by atoms with Crippen LogP contribution in [0.2, 0.25) is 0 Å². The molecule has 0 unspecified atom stereocenters. The second-order valence-corrected chi connectivity index (χ2v) is 6.03. The third-order valence-electron chi connectivity index (χ3n) is 4.03. The number of esters is 1. The molecule has 0 fully saturated rings. The molecule has 0 heterocycles. The zero-order valence-electron chi connectivity index (χ0n) is 15.7. The minimum Gasteiger partial charge on any atom is -0.497 e.